The van der Waals surface area contributed by atoms with Crippen LogP contribution in [0.3, 0.4) is 0 Å². The van der Waals surface area contributed by atoms with E-state index < -0.39 is 0 Å². The molecule has 0 fully saturated rings. The van der Waals surface area contributed by atoms with Crippen molar-refractivity contribution in [1.82, 2.24) is 15.1 Å². The molecule has 100 valence electrons. The number of nitrogens with zero attached hydrogens (tertiary/aromatic N) is 2. The van der Waals surface area contributed by atoms with E-state index in [2.05, 4.69) is 10.4 Å². The van der Waals surface area contributed by atoms with E-state index in [0.29, 0.717) is 17.1 Å². The first-order valence-electron chi connectivity index (χ1n) is 6.22. The molecule has 0 bridgehead atoms. The maximum absolute atomic E-state index is 11.9. The highest BCUT2D eigenvalue weighted by Crippen LogP contribution is 2.17. The van der Waals surface area contributed by atoms with E-state index in [4.69, 9.17) is 11.6 Å². The molecule has 1 heterocycles. The SMILES string of the molecule is CCCNC(=O)c1cnn(-c2cccc(Cl)c2)c1C. The van der Waals surface area contributed by atoms with Crippen LogP contribution in [0.4, 0.5) is 0 Å². The monoisotopic (exact) mass is 277 g/mol. The Morgan fingerprint density at radius 3 is 2.95 bits per heavy atom. The van der Waals surface area contributed by atoms with Crippen LogP contribution in [0.25, 0.3) is 5.69 Å². The molecular formula is C14H16ClN3O. The van der Waals surface area contributed by atoms with Crippen molar-refractivity contribution in [2.45, 2.75) is 20.3 Å². The third-order valence-corrected chi connectivity index (χ3v) is 3.08. The molecule has 2 rings (SSSR count). The van der Waals surface area contributed by atoms with Gasteiger partial charge in [-0.1, -0.05) is 24.6 Å². The molecule has 19 heavy (non-hydrogen) atoms. The fourth-order valence-electron chi connectivity index (χ4n) is 1.83. The molecule has 0 aliphatic carbocycles. The molecule has 5 heteroatoms. The molecule has 0 radical (unpaired) electrons. The number of aromatic nitrogens is 2. The zero-order chi connectivity index (χ0) is 13.8. The van der Waals surface area contributed by atoms with E-state index in [1.54, 1.807) is 16.9 Å². The predicted molar refractivity (Wildman–Crippen MR) is 75.9 cm³/mol. The van der Waals surface area contributed by atoms with E-state index in [1.165, 1.54) is 0 Å². The van der Waals surface area contributed by atoms with Gasteiger partial charge in [0.05, 0.1) is 23.1 Å². The number of nitrogens with one attached hydrogen (secondary N) is 1. The molecular weight excluding hydrogens is 262 g/mol. The molecule has 2 aromatic rings. The van der Waals surface area contributed by atoms with Crippen molar-refractivity contribution in [3.05, 3.63) is 46.7 Å². The Morgan fingerprint density at radius 1 is 1.47 bits per heavy atom. The van der Waals surface area contributed by atoms with Crippen LogP contribution < -0.4 is 5.32 Å². The average molecular weight is 278 g/mol. The van der Waals surface area contributed by atoms with Gasteiger partial charge in [0.25, 0.3) is 5.91 Å². The van der Waals surface area contributed by atoms with Gasteiger partial charge in [0.2, 0.25) is 0 Å². The fraction of sp³-hybridized carbons (Fsp3) is 0.286. The van der Waals surface area contributed by atoms with Gasteiger partial charge in [-0.15, -0.1) is 0 Å². The number of halogens is 1. The molecule has 1 aromatic carbocycles. The van der Waals surface area contributed by atoms with Gasteiger partial charge in [0, 0.05) is 11.6 Å². The van der Waals surface area contributed by atoms with E-state index in [0.717, 1.165) is 17.8 Å². The van der Waals surface area contributed by atoms with E-state index in [9.17, 15) is 4.79 Å². The van der Waals surface area contributed by atoms with Crippen LogP contribution in [0.5, 0.6) is 0 Å². The number of rotatable bonds is 4. The summed E-state index contributed by atoms with van der Waals surface area (Å²) >= 11 is 5.96. The summed E-state index contributed by atoms with van der Waals surface area (Å²) in [4.78, 5) is 11.9. The normalized spacial score (nSPS) is 10.5. The molecule has 1 amide bonds. The summed E-state index contributed by atoms with van der Waals surface area (Å²) in [6.07, 6.45) is 2.49. The van der Waals surface area contributed by atoms with Crippen molar-refractivity contribution in [3.63, 3.8) is 0 Å². The highest BCUT2D eigenvalue weighted by molar-refractivity contribution is 6.30. The minimum absolute atomic E-state index is 0.0902. The topological polar surface area (TPSA) is 46.9 Å². The van der Waals surface area contributed by atoms with Crippen LogP contribution in [0.15, 0.2) is 30.5 Å². The molecule has 0 saturated carbocycles. The Kier molecular flexibility index (Phi) is 4.22. The number of carbonyl (C=O) groups is 1. The lowest BCUT2D eigenvalue weighted by molar-refractivity contribution is 0.0953. The predicted octanol–water partition coefficient (Wildman–Crippen LogP) is 2.97. The summed E-state index contributed by atoms with van der Waals surface area (Å²) in [7, 11) is 0. The first-order valence-corrected chi connectivity index (χ1v) is 6.60. The average Bonchev–Trinajstić information content (AvgIpc) is 2.78. The highest BCUT2D eigenvalue weighted by Gasteiger charge is 2.14. The largest absolute Gasteiger partial charge is 0.352 e. The molecule has 0 spiro atoms. The molecule has 0 aliphatic rings. The second kappa shape index (κ2) is 5.89. The Bertz CT molecular complexity index is 592. The van der Waals surface area contributed by atoms with Crippen molar-refractivity contribution in [2.75, 3.05) is 6.54 Å². The van der Waals surface area contributed by atoms with Crippen LogP contribution in [-0.4, -0.2) is 22.2 Å². The van der Waals surface area contributed by atoms with Crippen molar-refractivity contribution < 1.29 is 4.79 Å². The lowest BCUT2D eigenvalue weighted by Gasteiger charge is -2.06. The summed E-state index contributed by atoms with van der Waals surface area (Å²) in [5.74, 6) is -0.0902. The summed E-state index contributed by atoms with van der Waals surface area (Å²) in [6.45, 7) is 4.55. The zero-order valence-electron chi connectivity index (χ0n) is 11.0. The highest BCUT2D eigenvalue weighted by atomic mass is 35.5. The van der Waals surface area contributed by atoms with Gasteiger partial charge in [-0.05, 0) is 31.5 Å². The standard InChI is InChI=1S/C14H16ClN3O/c1-3-7-16-14(19)13-9-17-18(10(13)2)12-6-4-5-11(15)8-12/h4-6,8-9H,3,7H2,1-2H3,(H,16,19). The zero-order valence-corrected chi connectivity index (χ0v) is 11.7. The summed E-state index contributed by atoms with van der Waals surface area (Å²) in [6, 6.07) is 7.38. The lowest BCUT2D eigenvalue weighted by atomic mass is 10.2. The van der Waals surface area contributed by atoms with Crippen LogP contribution in [0.2, 0.25) is 5.02 Å². The van der Waals surface area contributed by atoms with Gasteiger partial charge in [-0.2, -0.15) is 5.10 Å². The number of hydrogen-bond donors (Lipinski definition) is 1. The minimum atomic E-state index is -0.0902. The Hall–Kier alpha value is -1.81. The number of benzene rings is 1. The van der Waals surface area contributed by atoms with Crippen molar-refractivity contribution in [2.24, 2.45) is 0 Å². The van der Waals surface area contributed by atoms with Crippen LogP contribution in [0, 0.1) is 6.92 Å². The maximum atomic E-state index is 11.9. The van der Waals surface area contributed by atoms with E-state index in [1.807, 2.05) is 32.0 Å². The second-order valence-corrected chi connectivity index (χ2v) is 4.73. The Labute approximate surface area is 117 Å². The molecule has 0 saturated heterocycles. The summed E-state index contributed by atoms with van der Waals surface area (Å²) < 4.78 is 1.72. The summed E-state index contributed by atoms with van der Waals surface area (Å²) in [5, 5.41) is 7.74. The van der Waals surface area contributed by atoms with Gasteiger partial charge < -0.3 is 5.32 Å². The third kappa shape index (κ3) is 2.96. The van der Waals surface area contributed by atoms with Crippen molar-refractivity contribution >= 4 is 17.5 Å². The van der Waals surface area contributed by atoms with Crippen LogP contribution in [0.1, 0.15) is 29.4 Å². The van der Waals surface area contributed by atoms with Crippen molar-refractivity contribution in [1.29, 1.82) is 0 Å². The Balaban J connectivity index is 2.30. The molecule has 0 aliphatic heterocycles. The van der Waals surface area contributed by atoms with E-state index >= 15 is 0 Å². The van der Waals surface area contributed by atoms with Crippen LogP contribution >= 0.6 is 11.6 Å². The lowest BCUT2D eigenvalue weighted by Crippen LogP contribution is -2.24. The number of carbonyl (C=O) groups excluding carboxylic acids is 1. The van der Waals surface area contributed by atoms with Gasteiger partial charge in [0.15, 0.2) is 0 Å². The van der Waals surface area contributed by atoms with Gasteiger partial charge >= 0.3 is 0 Å². The summed E-state index contributed by atoms with van der Waals surface area (Å²) in [5.41, 5.74) is 2.24. The fourth-order valence-corrected chi connectivity index (χ4v) is 2.02. The van der Waals surface area contributed by atoms with Crippen LogP contribution in [-0.2, 0) is 0 Å². The quantitative estimate of drug-likeness (QED) is 0.934. The van der Waals surface area contributed by atoms with Gasteiger partial charge in [-0.25, -0.2) is 4.68 Å². The molecule has 0 unspecified atom stereocenters. The maximum Gasteiger partial charge on any atom is 0.254 e. The second-order valence-electron chi connectivity index (χ2n) is 4.29. The van der Waals surface area contributed by atoms with Gasteiger partial charge in [0.1, 0.15) is 0 Å². The molecule has 4 nitrogen and oxygen atoms in total. The van der Waals surface area contributed by atoms with E-state index in [-0.39, 0.29) is 5.91 Å². The smallest absolute Gasteiger partial charge is 0.254 e. The van der Waals surface area contributed by atoms with Crippen molar-refractivity contribution in [3.8, 4) is 5.69 Å². The Morgan fingerprint density at radius 2 is 2.26 bits per heavy atom. The van der Waals surface area contributed by atoms with Gasteiger partial charge in [-0.3, -0.25) is 4.79 Å². The first kappa shape index (κ1) is 13.6. The third-order valence-electron chi connectivity index (χ3n) is 2.84. The number of amides is 1. The minimum Gasteiger partial charge on any atom is -0.352 e. The molecule has 1 aromatic heterocycles. The molecule has 1 N–H and O–H groups in total. The number of hydrogen-bond acceptors (Lipinski definition) is 2. The first-order chi connectivity index (χ1) is 9.13. The molecule has 0 atom stereocenters.